The lowest BCUT2D eigenvalue weighted by molar-refractivity contribution is 0.00980. The van der Waals surface area contributed by atoms with E-state index < -0.39 is 5.60 Å². The Morgan fingerprint density at radius 2 is 1.89 bits per heavy atom. The zero-order chi connectivity index (χ0) is 30.6. The van der Waals surface area contributed by atoms with E-state index in [1.165, 1.54) is 0 Å². The van der Waals surface area contributed by atoms with E-state index in [0.29, 0.717) is 37.8 Å². The van der Waals surface area contributed by atoms with Crippen LogP contribution in [0.1, 0.15) is 26.3 Å². The number of hydrogen-bond donors (Lipinski definition) is 1. The highest BCUT2D eigenvalue weighted by Gasteiger charge is 2.37. The lowest BCUT2D eigenvalue weighted by Crippen LogP contribution is -2.57. The van der Waals surface area contributed by atoms with Crippen molar-refractivity contribution < 1.29 is 19.0 Å². The zero-order valence-corrected chi connectivity index (χ0v) is 25.5. The van der Waals surface area contributed by atoms with Crippen LogP contribution in [-0.4, -0.2) is 68.4 Å². The molecule has 4 heterocycles. The molecule has 11 nitrogen and oxygen atoms in total. The second-order valence-corrected chi connectivity index (χ2v) is 12.3. The van der Waals surface area contributed by atoms with Gasteiger partial charge in [0.2, 0.25) is 0 Å². The second kappa shape index (κ2) is 10.6. The Labute approximate surface area is 255 Å². The van der Waals surface area contributed by atoms with Crippen molar-refractivity contribution >= 4 is 45.2 Å². The standard InChI is InChI=1S/C33H35N7O4/c1-20-14-21(6-11-28(20)43-23-7-9-26-25(15-23)36-19-38(26)5)37-31-29-24(34-18-35-31)8-10-27-30(29)42-17-22-16-39(27)12-13-40(22)32(41)44-33(2,3)4/h6-11,14-15,18-19,22H,12-13,16-17H2,1-5H3,(H,34,35,37)/t22-/m1/s1. The molecule has 2 bridgehead atoms. The molecule has 1 N–H and O–H groups in total. The van der Waals surface area contributed by atoms with Crippen molar-refractivity contribution in [3.8, 4) is 17.2 Å². The summed E-state index contributed by atoms with van der Waals surface area (Å²) in [6.07, 6.45) is 3.03. The van der Waals surface area contributed by atoms with Gasteiger partial charge in [0.05, 0.1) is 40.0 Å². The second-order valence-electron chi connectivity index (χ2n) is 12.3. The van der Waals surface area contributed by atoms with E-state index in [-0.39, 0.29) is 12.1 Å². The van der Waals surface area contributed by atoms with E-state index >= 15 is 0 Å². The van der Waals surface area contributed by atoms with Crippen LogP contribution in [0, 0.1) is 6.92 Å². The van der Waals surface area contributed by atoms with Gasteiger partial charge in [0, 0.05) is 38.4 Å². The first-order valence-electron chi connectivity index (χ1n) is 14.7. The van der Waals surface area contributed by atoms with E-state index in [1.807, 2.05) is 87.8 Å². The molecule has 1 saturated heterocycles. The number of ether oxygens (including phenoxy) is 3. The molecule has 2 aromatic heterocycles. The van der Waals surface area contributed by atoms with Crippen LogP contribution >= 0.6 is 0 Å². The van der Waals surface area contributed by atoms with Gasteiger partial charge in [-0.3, -0.25) is 4.90 Å². The van der Waals surface area contributed by atoms with Gasteiger partial charge < -0.3 is 29.0 Å². The highest BCUT2D eigenvalue weighted by molar-refractivity contribution is 6.00. The van der Waals surface area contributed by atoms with E-state index in [2.05, 4.69) is 25.2 Å². The highest BCUT2D eigenvalue weighted by atomic mass is 16.6. The minimum absolute atomic E-state index is 0.143. The third kappa shape index (κ3) is 5.18. The molecule has 5 aromatic rings. The topological polar surface area (TPSA) is 107 Å². The molecule has 0 saturated carbocycles. The number of nitrogens with zero attached hydrogens (tertiary/aromatic N) is 6. The predicted molar refractivity (Wildman–Crippen MR) is 169 cm³/mol. The maximum Gasteiger partial charge on any atom is 0.410 e. The third-order valence-corrected chi connectivity index (χ3v) is 7.97. The Bertz CT molecular complexity index is 1900. The average molecular weight is 594 g/mol. The summed E-state index contributed by atoms with van der Waals surface area (Å²) in [5.41, 5.74) is 4.93. The van der Waals surface area contributed by atoms with E-state index in [0.717, 1.165) is 50.4 Å². The first kappa shape index (κ1) is 27.8. The van der Waals surface area contributed by atoms with Gasteiger partial charge in [0.15, 0.2) is 5.75 Å². The minimum atomic E-state index is -0.562. The molecule has 3 aromatic carbocycles. The highest BCUT2D eigenvalue weighted by Crippen LogP contribution is 2.42. The third-order valence-electron chi connectivity index (χ3n) is 7.97. The number of piperazine rings is 1. The molecule has 7 rings (SSSR count). The van der Waals surface area contributed by atoms with Crippen molar-refractivity contribution in [3.05, 3.63) is 66.7 Å². The molecule has 11 heteroatoms. The van der Waals surface area contributed by atoms with Crippen molar-refractivity contribution in [2.24, 2.45) is 7.05 Å². The zero-order valence-electron chi connectivity index (χ0n) is 25.5. The Morgan fingerprint density at radius 3 is 2.70 bits per heavy atom. The van der Waals surface area contributed by atoms with Gasteiger partial charge in [-0.2, -0.15) is 0 Å². The molecule has 226 valence electrons. The van der Waals surface area contributed by atoms with Crippen molar-refractivity contribution in [1.82, 2.24) is 24.4 Å². The Hall–Kier alpha value is -5.06. The number of anilines is 3. The Kier molecular flexibility index (Phi) is 6.68. The summed E-state index contributed by atoms with van der Waals surface area (Å²) in [5.74, 6) is 2.83. The number of carbonyl (C=O) groups is 1. The minimum Gasteiger partial charge on any atom is -0.488 e. The molecular weight excluding hydrogens is 558 g/mol. The maximum atomic E-state index is 13.0. The van der Waals surface area contributed by atoms with Crippen molar-refractivity contribution in [3.63, 3.8) is 0 Å². The molecule has 0 spiro atoms. The van der Waals surface area contributed by atoms with Gasteiger partial charge in [-0.05, 0) is 75.7 Å². The largest absolute Gasteiger partial charge is 0.488 e. The van der Waals surface area contributed by atoms with E-state index in [1.54, 1.807) is 17.6 Å². The molecule has 0 radical (unpaired) electrons. The van der Waals surface area contributed by atoms with Crippen molar-refractivity contribution in [2.45, 2.75) is 39.3 Å². The van der Waals surface area contributed by atoms with Crippen LogP contribution in [0.25, 0.3) is 21.9 Å². The Balaban J connectivity index is 1.15. The maximum absolute atomic E-state index is 13.0. The van der Waals surface area contributed by atoms with Crippen LogP contribution in [0.2, 0.25) is 0 Å². The number of aryl methyl sites for hydroxylation is 2. The van der Waals surface area contributed by atoms with Gasteiger partial charge in [-0.1, -0.05) is 0 Å². The molecule has 2 aliphatic heterocycles. The normalized spacial score (nSPS) is 16.3. The summed E-state index contributed by atoms with van der Waals surface area (Å²) in [7, 11) is 1.97. The van der Waals surface area contributed by atoms with E-state index in [9.17, 15) is 4.79 Å². The number of benzene rings is 3. The molecule has 0 unspecified atom stereocenters. The quantitative estimate of drug-likeness (QED) is 0.261. The number of fused-ring (bicyclic) bond motifs is 7. The van der Waals surface area contributed by atoms with Crippen LogP contribution in [0.4, 0.5) is 22.0 Å². The molecule has 1 amide bonds. The SMILES string of the molecule is Cc1cc(Nc2ncnc3ccc4c(c23)OC[C@H]2CN4CCN2C(=O)OC(C)(C)C)ccc1Oc1ccc2c(c1)ncn2C. The number of hydrogen-bond acceptors (Lipinski definition) is 9. The number of carbonyl (C=O) groups excluding carboxylic acids is 1. The fourth-order valence-corrected chi connectivity index (χ4v) is 5.84. The fourth-order valence-electron chi connectivity index (χ4n) is 5.84. The van der Waals surface area contributed by atoms with Crippen LogP contribution in [0.15, 0.2) is 61.2 Å². The Morgan fingerprint density at radius 1 is 1.02 bits per heavy atom. The summed E-state index contributed by atoms with van der Waals surface area (Å²) in [5, 5.41) is 4.28. The summed E-state index contributed by atoms with van der Waals surface area (Å²) < 4.78 is 20.3. The first-order chi connectivity index (χ1) is 21.1. The van der Waals surface area contributed by atoms with Crippen molar-refractivity contribution in [2.75, 3.05) is 36.5 Å². The number of aromatic nitrogens is 4. The predicted octanol–water partition coefficient (Wildman–Crippen LogP) is 6.18. The van der Waals surface area contributed by atoms with E-state index in [4.69, 9.17) is 14.2 Å². The molecular formula is C33H35N7O4. The van der Waals surface area contributed by atoms with Gasteiger partial charge in [0.25, 0.3) is 0 Å². The average Bonchev–Trinajstić information content (AvgIpc) is 3.28. The number of rotatable bonds is 4. The summed E-state index contributed by atoms with van der Waals surface area (Å²) in [4.78, 5) is 30.6. The fraction of sp³-hybridized carbons (Fsp3) is 0.333. The molecule has 0 aliphatic carbocycles. The van der Waals surface area contributed by atoms with Gasteiger partial charge in [0.1, 0.15) is 35.9 Å². The monoisotopic (exact) mass is 593 g/mol. The van der Waals surface area contributed by atoms with Crippen LogP contribution in [0.3, 0.4) is 0 Å². The molecule has 2 aliphatic rings. The van der Waals surface area contributed by atoms with Gasteiger partial charge in [-0.15, -0.1) is 0 Å². The summed E-state index contributed by atoms with van der Waals surface area (Å²) >= 11 is 0. The lowest BCUT2D eigenvalue weighted by Gasteiger charge is -2.40. The van der Waals surface area contributed by atoms with Gasteiger partial charge in [-0.25, -0.2) is 19.7 Å². The van der Waals surface area contributed by atoms with Gasteiger partial charge >= 0.3 is 6.09 Å². The van der Waals surface area contributed by atoms with Crippen LogP contribution in [0.5, 0.6) is 17.2 Å². The lowest BCUT2D eigenvalue weighted by atomic mass is 10.1. The number of amides is 1. The van der Waals surface area contributed by atoms with Crippen molar-refractivity contribution in [1.29, 1.82) is 0 Å². The first-order valence-corrected chi connectivity index (χ1v) is 14.7. The molecule has 1 fully saturated rings. The van der Waals surface area contributed by atoms with Crippen LogP contribution in [-0.2, 0) is 11.8 Å². The number of imidazole rings is 1. The smallest absolute Gasteiger partial charge is 0.410 e. The van der Waals surface area contributed by atoms with Crippen LogP contribution < -0.4 is 19.7 Å². The molecule has 44 heavy (non-hydrogen) atoms. The summed E-state index contributed by atoms with van der Waals surface area (Å²) in [6.45, 7) is 9.87. The molecule has 1 atom stereocenters. The number of nitrogens with one attached hydrogen (secondary N) is 1. The summed E-state index contributed by atoms with van der Waals surface area (Å²) in [6, 6.07) is 15.7.